The van der Waals surface area contributed by atoms with Crippen LogP contribution in [0.15, 0.2) is 41.0 Å². The van der Waals surface area contributed by atoms with Crippen LogP contribution in [0.1, 0.15) is 10.4 Å². The van der Waals surface area contributed by atoms with Gasteiger partial charge in [0.1, 0.15) is 11.3 Å². The highest BCUT2D eigenvalue weighted by Gasteiger charge is 2.14. The van der Waals surface area contributed by atoms with Crippen molar-refractivity contribution in [2.45, 2.75) is 0 Å². The topological polar surface area (TPSA) is 59.4 Å². The summed E-state index contributed by atoms with van der Waals surface area (Å²) in [6, 6.07) is 8.75. The summed E-state index contributed by atoms with van der Waals surface area (Å²) in [6.07, 6.45) is 1.50. The molecule has 1 heterocycles. The van der Waals surface area contributed by atoms with Crippen molar-refractivity contribution in [1.29, 1.82) is 0 Å². The number of nitrogens with zero attached hydrogens (tertiary/aromatic N) is 1. The Labute approximate surface area is 125 Å². The largest absolute Gasteiger partial charge is 0.477 e. The first kappa shape index (κ1) is 13.3. The molecule has 0 aliphatic carbocycles. The molecule has 0 saturated heterocycles. The predicted octanol–water partition coefficient (Wildman–Crippen LogP) is 3.94. The molecule has 92 valence electrons. The lowest BCUT2D eigenvalue weighted by atomic mass is 10.3. The number of halogens is 2. The molecular weight excluding hydrogens is 413 g/mol. The van der Waals surface area contributed by atoms with Crippen molar-refractivity contribution in [1.82, 2.24) is 4.98 Å². The third kappa shape index (κ3) is 3.20. The molecule has 1 N–H and O–H groups in total. The molecule has 1 aromatic heterocycles. The number of aromatic nitrogens is 1. The van der Waals surface area contributed by atoms with E-state index in [1.807, 2.05) is 12.1 Å². The first-order valence-corrected chi connectivity index (χ1v) is 6.75. The van der Waals surface area contributed by atoms with E-state index in [4.69, 9.17) is 9.84 Å². The molecule has 0 fully saturated rings. The Morgan fingerprint density at radius 1 is 1.39 bits per heavy atom. The molecule has 0 aliphatic heterocycles. The van der Waals surface area contributed by atoms with Crippen molar-refractivity contribution in [3.63, 3.8) is 0 Å². The van der Waals surface area contributed by atoms with Gasteiger partial charge >= 0.3 is 5.97 Å². The van der Waals surface area contributed by atoms with Crippen LogP contribution in [-0.4, -0.2) is 16.1 Å². The van der Waals surface area contributed by atoms with Gasteiger partial charge in [-0.05, 0) is 62.8 Å². The average Bonchev–Trinajstić information content (AvgIpc) is 2.31. The maximum absolute atomic E-state index is 11.1. The number of carboxylic acid groups (broad SMARTS) is 1. The highest BCUT2D eigenvalue weighted by molar-refractivity contribution is 14.1. The summed E-state index contributed by atoms with van der Waals surface area (Å²) >= 11 is 5.33. The highest BCUT2D eigenvalue weighted by atomic mass is 127. The minimum Gasteiger partial charge on any atom is -0.477 e. The third-order valence-corrected chi connectivity index (χ3v) is 3.16. The lowest BCUT2D eigenvalue weighted by molar-refractivity contribution is 0.0693. The summed E-state index contributed by atoms with van der Waals surface area (Å²) in [5, 5.41) is 9.08. The molecule has 6 heteroatoms. The standard InChI is InChI=1S/C12H7BrINO3/c13-7-4-10(12(16)17)11(15-6-7)18-9-3-1-2-8(14)5-9/h1-6H,(H,16,17). The van der Waals surface area contributed by atoms with E-state index in [0.717, 1.165) is 3.57 Å². The molecule has 0 saturated carbocycles. The van der Waals surface area contributed by atoms with Crippen molar-refractivity contribution in [2.24, 2.45) is 0 Å². The van der Waals surface area contributed by atoms with Crippen LogP contribution in [0.25, 0.3) is 0 Å². The number of benzene rings is 1. The van der Waals surface area contributed by atoms with Crippen LogP contribution >= 0.6 is 38.5 Å². The lowest BCUT2D eigenvalue weighted by Gasteiger charge is -2.07. The van der Waals surface area contributed by atoms with Gasteiger partial charge in [-0.2, -0.15) is 0 Å². The normalized spacial score (nSPS) is 10.1. The fraction of sp³-hybridized carbons (Fsp3) is 0. The van der Waals surface area contributed by atoms with Crippen LogP contribution in [0.4, 0.5) is 0 Å². The molecule has 4 nitrogen and oxygen atoms in total. The van der Waals surface area contributed by atoms with Crippen molar-refractivity contribution in [2.75, 3.05) is 0 Å². The van der Waals surface area contributed by atoms with Gasteiger partial charge in [-0.25, -0.2) is 9.78 Å². The molecule has 1 aromatic carbocycles. The number of carboxylic acids is 1. The lowest BCUT2D eigenvalue weighted by Crippen LogP contribution is -2.02. The van der Waals surface area contributed by atoms with Crippen LogP contribution in [-0.2, 0) is 0 Å². The van der Waals surface area contributed by atoms with Crippen molar-refractivity contribution in [3.05, 3.63) is 50.1 Å². The Morgan fingerprint density at radius 2 is 2.17 bits per heavy atom. The molecular formula is C12H7BrINO3. The molecule has 2 aromatic rings. The Morgan fingerprint density at radius 3 is 2.83 bits per heavy atom. The van der Waals surface area contributed by atoms with Gasteiger partial charge in [0.15, 0.2) is 0 Å². The summed E-state index contributed by atoms with van der Waals surface area (Å²) in [7, 11) is 0. The van der Waals surface area contributed by atoms with E-state index in [0.29, 0.717) is 10.2 Å². The monoisotopic (exact) mass is 419 g/mol. The van der Waals surface area contributed by atoms with Gasteiger partial charge in [0.25, 0.3) is 0 Å². The fourth-order valence-electron chi connectivity index (χ4n) is 1.30. The average molecular weight is 420 g/mol. The number of carbonyl (C=O) groups is 1. The van der Waals surface area contributed by atoms with Crippen LogP contribution in [0.2, 0.25) is 0 Å². The number of rotatable bonds is 3. The first-order valence-electron chi connectivity index (χ1n) is 4.88. The smallest absolute Gasteiger partial charge is 0.341 e. The minimum atomic E-state index is -1.08. The van der Waals surface area contributed by atoms with Gasteiger partial charge in [0, 0.05) is 14.2 Å². The predicted molar refractivity (Wildman–Crippen MR) is 78.1 cm³/mol. The first-order chi connectivity index (χ1) is 8.56. The molecule has 0 aliphatic rings. The van der Waals surface area contributed by atoms with E-state index < -0.39 is 5.97 Å². The molecule has 18 heavy (non-hydrogen) atoms. The molecule has 0 amide bonds. The van der Waals surface area contributed by atoms with Gasteiger partial charge in [-0.3, -0.25) is 0 Å². The zero-order chi connectivity index (χ0) is 13.1. The minimum absolute atomic E-state index is 0.0169. The van der Waals surface area contributed by atoms with E-state index in [-0.39, 0.29) is 11.4 Å². The van der Waals surface area contributed by atoms with E-state index in [2.05, 4.69) is 43.5 Å². The molecule has 0 spiro atoms. The number of pyridine rings is 1. The number of ether oxygens (including phenoxy) is 1. The Bertz CT molecular complexity index is 604. The molecule has 2 rings (SSSR count). The van der Waals surface area contributed by atoms with Crippen molar-refractivity contribution < 1.29 is 14.6 Å². The van der Waals surface area contributed by atoms with E-state index in [1.165, 1.54) is 12.3 Å². The third-order valence-electron chi connectivity index (χ3n) is 2.06. The van der Waals surface area contributed by atoms with Crippen LogP contribution < -0.4 is 4.74 Å². The van der Waals surface area contributed by atoms with E-state index in [1.54, 1.807) is 12.1 Å². The second kappa shape index (κ2) is 5.66. The Hall–Kier alpha value is -1.15. The molecule has 0 bridgehead atoms. The summed E-state index contributed by atoms with van der Waals surface area (Å²) in [5.41, 5.74) is 0.0169. The van der Waals surface area contributed by atoms with Crippen molar-refractivity contribution in [3.8, 4) is 11.6 Å². The zero-order valence-corrected chi connectivity index (χ0v) is 12.7. The molecule has 0 radical (unpaired) electrons. The van der Waals surface area contributed by atoms with E-state index >= 15 is 0 Å². The summed E-state index contributed by atoms with van der Waals surface area (Å²) in [6.45, 7) is 0. The maximum atomic E-state index is 11.1. The quantitative estimate of drug-likeness (QED) is 0.765. The van der Waals surface area contributed by atoms with Crippen LogP contribution in [0.3, 0.4) is 0 Å². The summed E-state index contributed by atoms with van der Waals surface area (Å²) in [5.74, 6) is -0.448. The van der Waals surface area contributed by atoms with E-state index in [9.17, 15) is 4.79 Å². The number of hydrogen-bond acceptors (Lipinski definition) is 3. The highest BCUT2D eigenvalue weighted by Crippen LogP contribution is 2.26. The van der Waals surface area contributed by atoms with Gasteiger partial charge in [-0.15, -0.1) is 0 Å². The van der Waals surface area contributed by atoms with Crippen LogP contribution in [0.5, 0.6) is 11.6 Å². The van der Waals surface area contributed by atoms with Gasteiger partial charge < -0.3 is 9.84 Å². The fourth-order valence-corrected chi connectivity index (χ4v) is 2.15. The maximum Gasteiger partial charge on any atom is 0.341 e. The second-order valence-electron chi connectivity index (χ2n) is 3.37. The van der Waals surface area contributed by atoms with Crippen molar-refractivity contribution >= 4 is 44.5 Å². The summed E-state index contributed by atoms with van der Waals surface area (Å²) in [4.78, 5) is 15.1. The number of aromatic carboxylic acids is 1. The number of hydrogen-bond donors (Lipinski definition) is 1. The second-order valence-corrected chi connectivity index (χ2v) is 5.53. The van der Waals surface area contributed by atoms with Gasteiger partial charge in [0.05, 0.1) is 0 Å². The van der Waals surface area contributed by atoms with Crippen LogP contribution in [0, 0.1) is 3.57 Å². The SMILES string of the molecule is O=C(O)c1cc(Br)cnc1Oc1cccc(I)c1. The Kier molecular flexibility index (Phi) is 4.18. The van der Waals surface area contributed by atoms with Gasteiger partial charge in [0.2, 0.25) is 5.88 Å². The Balaban J connectivity index is 2.37. The zero-order valence-electron chi connectivity index (χ0n) is 8.93. The van der Waals surface area contributed by atoms with Gasteiger partial charge in [-0.1, -0.05) is 6.07 Å². The molecule has 0 unspecified atom stereocenters. The molecule has 0 atom stereocenters. The summed E-state index contributed by atoms with van der Waals surface area (Å²) < 4.78 is 7.08.